The number of piperazine rings is 1. The predicted octanol–water partition coefficient (Wildman–Crippen LogP) is 1.19. The van der Waals surface area contributed by atoms with Crippen molar-refractivity contribution >= 4 is 27.7 Å². The number of rotatable bonds is 4. The van der Waals surface area contributed by atoms with E-state index in [1.54, 1.807) is 4.90 Å². The minimum absolute atomic E-state index is 0.0645. The molecule has 0 aromatic heterocycles. The molecule has 116 valence electrons. The third kappa shape index (κ3) is 4.72. The van der Waals surface area contributed by atoms with E-state index in [4.69, 9.17) is 0 Å². The Balaban J connectivity index is 1.83. The first-order chi connectivity index (χ1) is 9.86. The highest BCUT2D eigenvalue weighted by atomic mass is 32.2. The van der Waals surface area contributed by atoms with Crippen LogP contribution in [0.4, 0.5) is 0 Å². The molecule has 0 bridgehead atoms. The van der Waals surface area contributed by atoms with Crippen LogP contribution in [0, 0.1) is 6.92 Å². The van der Waals surface area contributed by atoms with E-state index in [0.29, 0.717) is 31.9 Å². The Hall–Kier alpha value is -1.05. The summed E-state index contributed by atoms with van der Waals surface area (Å²) in [6.07, 6.45) is 1.21. The maximum absolute atomic E-state index is 12.1. The van der Waals surface area contributed by atoms with Crippen LogP contribution in [0.25, 0.3) is 0 Å². The summed E-state index contributed by atoms with van der Waals surface area (Å²) in [6.45, 7) is 3.75. The van der Waals surface area contributed by atoms with Gasteiger partial charge in [0.1, 0.15) is 0 Å². The molecule has 1 aromatic rings. The third-order valence-electron chi connectivity index (χ3n) is 3.41. The van der Waals surface area contributed by atoms with Crippen LogP contribution in [0.15, 0.2) is 29.2 Å². The van der Waals surface area contributed by atoms with Crippen LogP contribution < -0.4 is 0 Å². The Morgan fingerprint density at radius 1 is 1.24 bits per heavy atom. The maximum Gasteiger partial charge on any atom is 0.233 e. The van der Waals surface area contributed by atoms with Crippen LogP contribution >= 0.6 is 11.8 Å². The molecule has 7 heteroatoms. The number of hydrogen-bond acceptors (Lipinski definition) is 4. The van der Waals surface area contributed by atoms with Gasteiger partial charge < -0.3 is 4.90 Å². The molecule has 1 aliphatic rings. The lowest BCUT2D eigenvalue weighted by atomic mass is 10.2. The molecule has 0 spiro atoms. The van der Waals surface area contributed by atoms with E-state index in [0.717, 1.165) is 4.90 Å². The van der Waals surface area contributed by atoms with Crippen molar-refractivity contribution in [2.24, 2.45) is 0 Å². The number of hydrogen-bond donors (Lipinski definition) is 0. The fourth-order valence-electron chi connectivity index (χ4n) is 2.21. The lowest BCUT2D eigenvalue weighted by molar-refractivity contribution is -0.129. The second kappa shape index (κ2) is 6.81. The van der Waals surface area contributed by atoms with Gasteiger partial charge in [0.2, 0.25) is 15.9 Å². The van der Waals surface area contributed by atoms with E-state index in [1.165, 1.54) is 27.9 Å². The highest BCUT2D eigenvalue weighted by molar-refractivity contribution is 8.00. The SMILES string of the molecule is Cc1cccc(SCC(=O)N2CCN(S(C)(=O)=O)CC2)c1. The van der Waals surface area contributed by atoms with Gasteiger partial charge in [0.05, 0.1) is 12.0 Å². The van der Waals surface area contributed by atoms with Gasteiger partial charge in [-0.15, -0.1) is 11.8 Å². The average Bonchev–Trinajstić information content (AvgIpc) is 2.44. The largest absolute Gasteiger partial charge is 0.339 e. The van der Waals surface area contributed by atoms with E-state index in [1.807, 2.05) is 25.1 Å². The third-order valence-corrected chi connectivity index (χ3v) is 5.69. The summed E-state index contributed by atoms with van der Waals surface area (Å²) < 4.78 is 24.3. The number of carbonyl (C=O) groups excluding carboxylic acids is 1. The highest BCUT2D eigenvalue weighted by Crippen LogP contribution is 2.19. The number of nitrogens with zero attached hydrogens (tertiary/aromatic N) is 2. The summed E-state index contributed by atoms with van der Waals surface area (Å²) in [7, 11) is -3.14. The smallest absolute Gasteiger partial charge is 0.233 e. The first-order valence-corrected chi connectivity index (χ1v) is 9.62. The fourth-order valence-corrected chi connectivity index (χ4v) is 3.95. The van der Waals surface area contributed by atoms with Crippen molar-refractivity contribution in [3.63, 3.8) is 0 Å². The number of sulfonamides is 1. The molecule has 21 heavy (non-hydrogen) atoms. The van der Waals surface area contributed by atoms with Gasteiger partial charge >= 0.3 is 0 Å². The van der Waals surface area contributed by atoms with Crippen molar-refractivity contribution < 1.29 is 13.2 Å². The highest BCUT2D eigenvalue weighted by Gasteiger charge is 2.25. The summed E-state index contributed by atoms with van der Waals surface area (Å²) in [5, 5.41) is 0. The zero-order valence-electron chi connectivity index (χ0n) is 12.3. The van der Waals surface area contributed by atoms with E-state index >= 15 is 0 Å². The molecule has 1 heterocycles. The number of carbonyl (C=O) groups is 1. The van der Waals surface area contributed by atoms with E-state index in [9.17, 15) is 13.2 Å². The normalized spacial score (nSPS) is 17.0. The maximum atomic E-state index is 12.1. The summed E-state index contributed by atoms with van der Waals surface area (Å²) >= 11 is 1.52. The molecule has 0 radical (unpaired) electrons. The summed E-state index contributed by atoms with van der Waals surface area (Å²) in [6, 6.07) is 8.05. The van der Waals surface area contributed by atoms with E-state index in [2.05, 4.69) is 6.07 Å². The van der Waals surface area contributed by atoms with Crippen LogP contribution in [0.3, 0.4) is 0 Å². The second-order valence-corrected chi connectivity index (χ2v) is 8.18. The Morgan fingerprint density at radius 3 is 2.48 bits per heavy atom. The lowest BCUT2D eigenvalue weighted by Gasteiger charge is -2.33. The van der Waals surface area contributed by atoms with Crippen molar-refractivity contribution in [3.05, 3.63) is 29.8 Å². The zero-order valence-corrected chi connectivity index (χ0v) is 13.9. The molecule has 0 saturated carbocycles. The molecule has 1 aliphatic heterocycles. The minimum atomic E-state index is -3.14. The first-order valence-electron chi connectivity index (χ1n) is 6.78. The topological polar surface area (TPSA) is 57.7 Å². The standard InChI is InChI=1S/C14H20N2O3S2/c1-12-4-3-5-13(10-12)20-11-14(17)15-6-8-16(9-7-15)21(2,18)19/h3-5,10H,6-9,11H2,1-2H3. The van der Waals surface area contributed by atoms with Crippen molar-refractivity contribution in [3.8, 4) is 0 Å². The second-order valence-electron chi connectivity index (χ2n) is 5.15. The van der Waals surface area contributed by atoms with Gasteiger partial charge in [0.15, 0.2) is 0 Å². The van der Waals surface area contributed by atoms with Gasteiger partial charge in [0, 0.05) is 31.1 Å². The van der Waals surface area contributed by atoms with Gasteiger partial charge in [-0.2, -0.15) is 4.31 Å². The molecular formula is C14H20N2O3S2. The fraction of sp³-hybridized carbons (Fsp3) is 0.500. The summed E-state index contributed by atoms with van der Waals surface area (Å²) in [5.41, 5.74) is 1.18. The van der Waals surface area contributed by atoms with Crippen LogP contribution in [0.5, 0.6) is 0 Å². The number of benzene rings is 1. The van der Waals surface area contributed by atoms with E-state index < -0.39 is 10.0 Å². The molecule has 0 atom stereocenters. The molecule has 1 saturated heterocycles. The Bertz CT molecular complexity index is 608. The van der Waals surface area contributed by atoms with Gasteiger partial charge in [0.25, 0.3) is 0 Å². The molecule has 1 fully saturated rings. The number of amides is 1. The molecule has 2 rings (SSSR count). The van der Waals surface area contributed by atoms with Crippen molar-refractivity contribution in [2.45, 2.75) is 11.8 Å². The molecule has 0 unspecified atom stereocenters. The van der Waals surface area contributed by atoms with Crippen molar-refractivity contribution in [2.75, 3.05) is 38.2 Å². The van der Waals surface area contributed by atoms with Crippen molar-refractivity contribution in [1.82, 2.24) is 9.21 Å². The first kappa shape index (κ1) is 16.3. The quantitative estimate of drug-likeness (QED) is 0.779. The van der Waals surface area contributed by atoms with Crippen LogP contribution in [0.1, 0.15) is 5.56 Å². The number of aryl methyl sites for hydroxylation is 1. The van der Waals surface area contributed by atoms with Crippen molar-refractivity contribution in [1.29, 1.82) is 0 Å². The predicted molar refractivity (Wildman–Crippen MR) is 84.9 cm³/mol. The van der Waals surface area contributed by atoms with E-state index in [-0.39, 0.29) is 5.91 Å². The molecule has 1 aromatic carbocycles. The van der Waals surface area contributed by atoms with Gasteiger partial charge in [-0.05, 0) is 19.1 Å². The molecule has 0 aliphatic carbocycles. The Morgan fingerprint density at radius 2 is 1.90 bits per heavy atom. The average molecular weight is 328 g/mol. The van der Waals surface area contributed by atoms with Crippen LogP contribution in [-0.4, -0.2) is 61.7 Å². The summed E-state index contributed by atoms with van der Waals surface area (Å²) in [4.78, 5) is 15.0. The van der Waals surface area contributed by atoms with Gasteiger partial charge in [-0.25, -0.2) is 8.42 Å². The van der Waals surface area contributed by atoms with Crippen LogP contribution in [-0.2, 0) is 14.8 Å². The zero-order chi connectivity index (χ0) is 15.5. The van der Waals surface area contributed by atoms with Crippen LogP contribution in [0.2, 0.25) is 0 Å². The molecule has 0 N–H and O–H groups in total. The lowest BCUT2D eigenvalue weighted by Crippen LogP contribution is -2.50. The monoisotopic (exact) mass is 328 g/mol. The van der Waals surface area contributed by atoms with Gasteiger partial charge in [-0.1, -0.05) is 17.7 Å². The Kier molecular flexibility index (Phi) is 5.29. The number of thioether (sulfide) groups is 1. The molecule has 1 amide bonds. The molecular weight excluding hydrogens is 308 g/mol. The minimum Gasteiger partial charge on any atom is -0.339 e. The molecule has 5 nitrogen and oxygen atoms in total. The van der Waals surface area contributed by atoms with Gasteiger partial charge in [-0.3, -0.25) is 4.79 Å². The summed E-state index contributed by atoms with van der Waals surface area (Å²) in [5.74, 6) is 0.456. The Labute approximate surface area is 130 Å².